The largest absolute Gasteiger partial charge is 0.478 e. The summed E-state index contributed by atoms with van der Waals surface area (Å²) in [6, 6.07) is 12.4. The lowest BCUT2D eigenvalue weighted by Crippen LogP contribution is -2.27. The van der Waals surface area contributed by atoms with Gasteiger partial charge in [-0.1, -0.05) is 23.8 Å². The van der Waals surface area contributed by atoms with E-state index >= 15 is 0 Å². The summed E-state index contributed by atoms with van der Waals surface area (Å²) in [5.41, 5.74) is 6.29. The summed E-state index contributed by atoms with van der Waals surface area (Å²) >= 11 is 0. The van der Waals surface area contributed by atoms with E-state index in [1.54, 1.807) is 12.1 Å². The number of carboxylic acid groups (broad SMARTS) is 1. The number of aryl methyl sites for hydroxylation is 1. The number of carboxylic acids is 1. The van der Waals surface area contributed by atoms with Gasteiger partial charge in [-0.05, 0) is 54.9 Å². The van der Waals surface area contributed by atoms with Gasteiger partial charge in [0.1, 0.15) is 5.82 Å². The van der Waals surface area contributed by atoms with Crippen LogP contribution in [0.25, 0.3) is 16.5 Å². The molecule has 144 valence electrons. The molecule has 0 unspecified atom stereocenters. The topological polar surface area (TPSA) is 45.5 Å². The molecule has 5 heteroatoms. The lowest BCUT2D eigenvalue weighted by molar-refractivity contribution is -0.131. The second kappa shape index (κ2) is 7.24. The van der Waals surface area contributed by atoms with Crippen molar-refractivity contribution in [2.75, 3.05) is 13.6 Å². The Balaban J connectivity index is 1.86. The third kappa shape index (κ3) is 3.45. The maximum Gasteiger partial charge on any atom is 0.328 e. The first kappa shape index (κ1) is 18.4. The quantitative estimate of drug-likeness (QED) is 0.691. The molecule has 0 spiro atoms. The van der Waals surface area contributed by atoms with Gasteiger partial charge in [-0.2, -0.15) is 0 Å². The number of benzene rings is 2. The van der Waals surface area contributed by atoms with Crippen molar-refractivity contribution in [3.63, 3.8) is 0 Å². The van der Waals surface area contributed by atoms with Crippen molar-refractivity contribution in [2.24, 2.45) is 0 Å². The number of likely N-dealkylation sites (N-methyl/N-ethyl adjacent to an activating group) is 1. The van der Waals surface area contributed by atoms with Crippen LogP contribution in [0, 0.1) is 12.7 Å². The fourth-order valence-electron chi connectivity index (χ4n) is 4.08. The highest BCUT2D eigenvalue weighted by molar-refractivity contribution is 5.91. The normalized spacial score (nSPS) is 15.0. The maximum absolute atomic E-state index is 13.4. The Bertz CT molecular complexity index is 1080. The molecule has 0 bridgehead atoms. The van der Waals surface area contributed by atoms with E-state index in [4.69, 9.17) is 0 Å². The Morgan fingerprint density at radius 1 is 1.21 bits per heavy atom. The Morgan fingerprint density at radius 3 is 2.68 bits per heavy atom. The molecule has 28 heavy (non-hydrogen) atoms. The van der Waals surface area contributed by atoms with Crippen LogP contribution < -0.4 is 0 Å². The van der Waals surface area contributed by atoms with Gasteiger partial charge in [-0.3, -0.25) is 0 Å². The smallest absolute Gasteiger partial charge is 0.328 e. The summed E-state index contributed by atoms with van der Waals surface area (Å²) in [5.74, 6) is -1.33. The first-order valence-electron chi connectivity index (χ1n) is 9.41. The van der Waals surface area contributed by atoms with Crippen LogP contribution in [0.15, 0.2) is 48.5 Å². The van der Waals surface area contributed by atoms with E-state index in [-0.39, 0.29) is 5.82 Å². The summed E-state index contributed by atoms with van der Waals surface area (Å²) in [4.78, 5) is 13.8. The second-order valence-electron chi connectivity index (χ2n) is 7.53. The fourth-order valence-corrected chi connectivity index (χ4v) is 4.08. The van der Waals surface area contributed by atoms with Crippen molar-refractivity contribution in [3.8, 4) is 0 Å². The van der Waals surface area contributed by atoms with Crippen LogP contribution in [0.3, 0.4) is 0 Å². The van der Waals surface area contributed by atoms with E-state index in [2.05, 4.69) is 41.6 Å². The summed E-state index contributed by atoms with van der Waals surface area (Å²) in [6.07, 6.45) is 2.15. The highest BCUT2D eigenvalue weighted by Crippen LogP contribution is 2.33. The van der Waals surface area contributed by atoms with Crippen molar-refractivity contribution >= 4 is 22.4 Å². The van der Waals surface area contributed by atoms with Gasteiger partial charge in [0, 0.05) is 48.7 Å². The lowest BCUT2D eigenvalue weighted by Gasteiger charge is -2.24. The maximum atomic E-state index is 13.4. The number of fused-ring (bicyclic) bond motifs is 3. The van der Waals surface area contributed by atoms with Crippen molar-refractivity contribution in [2.45, 2.75) is 26.4 Å². The number of aromatic nitrogens is 1. The van der Waals surface area contributed by atoms with Gasteiger partial charge in [-0.25, -0.2) is 9.18 Å². The average Bonchev–Trinajstić information content (AvgIpc) is 2.94. The van der Waals surface area contributed by atoms with Gasteiger partial charge in [0.05, 0.1) is 0 Å². The molecule has 0 saturated heterocycles. The molecule has 2 heterocycles. The predicted octanol–water partition coefficient (Wildman–Crippen LogP) is 4.24. The minimum Gasteiger partial charge on any atom is -0.478 e. The molecule has 0 aliphatic carbocycles. The van der Waals surface area contributed by atoms with Gasteiger partial charge in [-0.15, -0.1) is 0 Å². The molecule has 0 amide bonds. The summed E-state index contributed by atoms with van der Waals surface area (Å²) < 4.78 is 15.6. The Hall–Kier alpha value is -2.92. The number of hydrogen-bond acceptors (Lipinski definition) is 2. The number of allylic oxidation sites excluding steroid dienone is 1. The lowest BCUT2D eigenvalue weighted by atomic mass is 10.0. The van der Waals surface area contributed by atoms with Crippen LogP contribution in [-0.4, -0.2) is 34.1 Å². The van der Waals surface area contributed by atoms with Crippen molar-refractivity contribution in [1.82, 2.24) is 9.47 Å². The summed E-state index contributed by atoms with van der Waals surface area (Å²) in [6.45, 7) is 4.38. The third-order valence-electron chi connectivity index (χ3n) is 5.44. The minimum atomic E-state index is -1.000. The van der Waals surface area contributed by atoms with Crippen LogP contribution in [0.2, 0.25) is 0 Å². The molecule has 1 aromatic heterocycles. The Kier molecular flexibility index (Phi) is 4.77. The average molecular weight is 378 g/mol. The van der Waals surface area contributed by atoms with Crippen LogP contribution in [-0.2, 0) is 24.3 Å². The Labute approximate surface area is 163 Å². The van der Waals surface area contributed by atoms with Crippen LogP contribution in [0.5, 0.6) is 0 Å². The van der Waals surface area contributed by atoms with Crippen LogP contribution >= 0.6 is 0 Å². The molecule has 0 radical (unpaired) electrons. The summed E-state index contributed by atoms with van der Waals surface area (Å²) in [7, 11) is 2.12. The van der Waals surface area contributed by atoms with Gasteiger partial charge < -0.3 is 14.6 Å². The zero-order valence-corrected chi connectivity index (χ0v) is 16.1. The fraction of sp³-hybridized carbons (Fsp3) is 0.261. The zero-order chi connectivity index (χ0) is 19.8. The van der Waals surface area contributed by atoms with E-state index in [1.165, 1.54) is 40.4 Å². The van der Waals surface area contributed by atoms with Gasteiger partial charge >= 0.3 is 5.97 Å². The number of halogens is 1. The minimum absolute atomic E-state index is 0.333. The highest BCUT2D eigenvalue weighted by Gasteiger charge is 2.23. The molecule has 1 N–H and O–H groups in total. The number of hydrogen-bond donors (Lipinski definition) is 1. The molecule has 1 aliphatic heterocycles. The van der Waals surface area contributed by atoms with E-state index in [1.807, 2.05) is 0 Å². The molecule has 0 fully saturated rings. The Morgan fingerprint density at radius 2 is 1.96 bits per heavy atom. The van der Waals surface area contributed by atoms with Gasteiger partial charge in [0.2, 0.25) is 0 Å². The number of rotatable bonds is 4. The number of nitrogens with zero attached hydrogens (tertiary/aromatic N) is 2. The van der Waals surface area contributed by atoms with Crippen molar-refractivity contribution in [1.29, 1.82) is 0 Å². The SMILES string of the molecule is Cc1ccc2c(c1)c1c(n2C/C(=C/C(=O)O)c2ccc(F)cc2)CCN(C)C1. The molecule has 3 aromatic rings. The first-order valence-corrected chi connectivity index (χ1v) is 9.41. The van der Waals surface area contributed by atoms with Crippen LogP contribution in [0.4, 0.5) is 4.39 Å². The second-order valence-corrected chi connectivity index (χ2v) is 7.53. The monoisotopic (exact) mass is 378 g/mol. The molecule has 4 nitrogen and oxygen atoms in total. The molecule has 0 saturated carbocycles. The number of aliphatic carboxylic acids is 1. The zero-order valence-electron chi connectivity index (χ0n) is 16.1. The highest BCUT2D eigenvalue weighted by atomic mass is 19.1. The van der Waals surface area contributed by atoms with E-state index < -0.39 is 5.97 Å². The van der Waals surface area contributed by atoms with E-state index in [9.17, 15) is 14.3 Å². The molecule has 4 rings (SSSR count). The van der Waals surface area contributed by atoms with Gasteiger partial charge in [0.25, 0.3) is 0 Å². The standard InChI is InChI=1S/C23H23FN2O2/c1-15-3-8-21-19(11-15)20-14-25(2)10-9-22(20)26(21)13-17(12-23(27)28)16-4-6-18(24)7-5-16/h3-8,11-12H,9-10,13-14H2,1-2H3,(H,27,28)/b17-12-. The molecule has 0 atom stereocenters. The van der Waals surface area contributed by atoms with Crippen LogP contribution in [0.1, 0.15) is 22.4 Å². The predicted molar refractivity (Wildman–Crippen MR) is 109 cm³/mol. The van der Waals surface area contributed by atoms with E-state index in [0.29, 0.717) is 12.1 Å². The third-order valence-corrected chi connectivity index (χ3v) is 5.44. The number of carbonyl (C=O) groups is 1. The molecular weight excluding hydrogens is 355 g/mol. The van der Waals surface area contributed by atoms with Gasteiger partial charge in [0.15, 0.2) is 0 Å². The van der Waals surface area contributed by atoms with Crippen molar-refractivity contribution < 1.29 is 14.3 Å². The van der Waals surface area contributed by atoms with E-state index in [0.717, 1.165) is 30.6 Å². The summed E-state index contributed by atoms with van der Waals surface area (Å²) in [5, 5.41) is 10.6. The molecule has 1 aliphatic rings. The van der Waals surface area contributed by atoms with Crippen molar-refractivity contribution in [3.05, 3.63) is 76.7 Å². The molecular formula is C23H23FN2O2. The molecule has 2 aromatic carbocycles. The first-order chi connectivity index (χ1) is 13.4.